The maximum absolute atomic E-state index is 3.90. The molecule has 0 saturated carbocycles. The smallest absolute Gasteiger partial charge is 0.135 e. The van der Waals surface area contributed by atoms with Crippen LogP contribution in [-0.2, 0) is 0 Å². The van der Waals surface area contributed by atoms with Crippen molar-refractivity contribution in [1.29, 1.82) is 0 Å². The summed E-state index contributed by atoms with van der Waals surface area (Å²) in [5.41, 5.74) is 0. The van der Waals surface area contributed by atoms with Gasteiger partial charge in [-0.05, 0) is 18.9 Å². The molecule has 1 aliphatic heterocycles. The van der Waals surface area contributed by atoms with Crippen molar-refractivity contribution in [3.63, 3.8) is 0 Å². The van der Waals surface area contributed by atoms with E-state index in [9.17, 15) is 0 Å². The van der Waals surface area contributed by atoms with Gasteiger partial charge in [0.2, 0.25) is 0 Å². The van der Waals surface area contributed by atoms with E-state index < -0.39 is 0 Å². The zero-order valence-electron chi connectivity index (χ0n) is 4.63. The predicted molar refractivity (Wildman–Crippen MR) is 34.3 cm³/mol. The van der Waals surface area contributed by atoms with Gasteiger partial charge in [0.15, 0.2) is 0 Å². The summed E-state index contributed by atoms with van der Waals surface area (Å²) in [6.45, 7) is 1.83. The lowest BCUT2D eigenvalue weighted by Crippen LogP contribution is -1.78. The van der Waals surface area contributed by atoms with E-state index in [2.05, 4.69) is 15.9 Å². The normalized spacial score (nSPS) is 15.9. The van der Waals surface area contributed by atoms with Crippen LogP contribution in [0, 0.1) is 0 Å². The summed E-state index contributed by atoms with van der Waals surface area (Å²) in [5.74, 6) is 3.42. The maximum Gasteiger partial charge on any atom is 0.135 e. The lowest BCUT2D eigenvalue weighted by atomic mass is 10.6. The van der Waals surface area contributed by atoms with E-state index >= 15 is 0 Å². The van der Waals surface area contributed by atoms with Crippen LogP contribution < -0.4 is 0 Å². The van der Waals surface area contributed by atoms with Crippen molar-refractivity contribution in [3.8, 4) is 0 Å². The number of aliphatic imine (C=N–C) groups is 2. The third kappa shape index (κ3) is 1.17. The Morgan fingerprint density at radius 3 is 3.38 bits per heavy atom. The highest BCUT2D eigenvalue weighted by atomic mass is 14.9. The van der Waals surface area contributed by atoms with Gasteiger partial charge in [-0.3, -0.25) is 0 Å². The molecule has 2 heteroatoms. The molecule has 2 nitrogen and oxygen atoms in total. The Hall–Kier alpha value is -1.14. The molecule has 0 aromatic heterocycles. The van der Waals surface area contributed by atoms with Crippen LogP contribution >= 0.6 is 0 Å². The van der Waals surface area contributed by atoms with Crippen molar-refractivity contribution < 1.29 is 0 Å². The van der Waals surface area contributed by atoms with Gasteiger partial charge in [-0.1, -0.05) is 0 Å². The maximum atomic E-state index is 3.90. The monoisotopic (exact) mass is 106 g/mol. The molecule has 0 N–H and O–H groups in total. The summed E-state index contributed by atoms with van der Waals surface area (Å²) in [4.78, 5) is 7.70. The number of hydrogen-bond acceptors (Lipinski definition) is 2. The highest BCUT2D eigenvalue weighted by molar-refractivity contribution is 5.87. The number of hydrogen-bond donors (Lipinski definition) is 0. The zero-order chi connectivity index (χ0) is 5.82. The summed E-state index contributed by atoms with van der Waals surface area (Å²) < 4.78 is 0. The Morgan fingerprint density at radius 2 is 2.50 bits per heavy atom. The lowest BCUT2D eigenvalue weighted by molar-refractivity contribution is 1.48. The molecule has 0 saturated heterocycles. The predicted octanol–water partition coefficient (Wildman–Crippen LogP) is 1.16. The second kappa shape index (κ2) is 2.24. The Kier molecular flexibility index (Phi) is 1.40. The first-order valence-corrected chi connectivity index (χ1v) is 2.38. The molecule has 0 aromatic rings. The zero-order valence-corrected chi connectivity index (χ0v) is 4.63. The fourth-order valence-electron chi connectivity index (χ4n) is 0.397. The van der Waals surface area contributed by atoms with Gasteiger partial charge in [0, 0.05) is 12.3 Å². The van der Waals surface area contributed by atoms with Crippen molar-refractivity contribution in [2.45, 2.75) is 6.92 Å². The Morgan fingerprint density at radius 1 is 1.62 bits per heavy atom. The molecule has 1 heterocycles. The van der Waals surface area contributed by atoms with E-state index in [1.54, 1.807) is 18.4 Å². The second-order valence-electron chi connectivity index (χ2n) is 1.43. The van der Waals surface area contributed by atoms with Crippen LogP contribution in [-0.4, -0.2) is 11.7 Å². The minimum Gasteiger partial charge on any atom is -0.241 e. The van der Waals surface area contributed by atoms with Crippen molar-refractivity contribution in [2.24, 2.45) is 9.98 Å². The van der Waals surface area contributed by atoms with Crippen molar-refractivity contribution >= 4 is 11.7 Å². The topological polar surface area (TPSA) is 24.7 Å². The molecule has 8 heavy (non-hydrogen) atoms. The first kappa shape index (κ1) is 5.01. The van der Waals surface area contributed by atoms with E-state index in [4.69, 9.17) is 0 Å². The quantitative estimate of drug-likeness (QED) is 0.442. The SMILES string of the molecule is CC1=NC=CC=C=N1. The minimum atomic E-state index is 0.745. The van der Waals surface area contributed by atoms with Gasteiger partial charge < -0.3 is 0 Å². The van der Waals surface area contributed by atoms with Crippen LogP contribution in [0.15, 0.2) is 28.3 Å². The van der Waals surface area contributed by atoms with E-state index in [1.165, 1.54) is 0 Å². The lowest BCUT2D eigenvalue weighted by Gasteiger charge is -1.77. The van der Waals surface area contributed by atoms with Crippen molar-refractivity contribution in [3.05, 3.63) is 18.4 Å². The van der Waals surface area contributed by atoms with Crippen LogP contribution in [0.3, 0.4) is 0 Å². The largest absolute Gasteiger partial charge is 0.241 e. The molecule has 0 unspecified atom stereocenters. The Bertz CT molecular complexity index is 193. The van der Waals surface area contributed by atoms with Gasteiger partial charge in [0.1, 0.15) is 5.84 Å². The molecular formula is C6H6N2. The molecule has 0 amide bonds. The van der Waals surface area contributed by atoms with Crippen molar-refractivity contribution in [1.82, 2.24) is 0 Å². The van der Waals surface area contributed by atoms with Crippen LogP contribution in [0.5, 0.6) is 0 Å². The Balaban J connectivity index is 2.94. The third-order valence-corrected chi connectivity index (χ3v) is 0.745. The second-order valence-corrected chi connectivity index (χ2v) is 1.43. The fourth-order valence-corrected chi connectivity index (χ4v) is 0.397. The van der Waals surface area contributed by atoms with Crippen LogP contribution in [0.4, 0.5) is 0 Å². The van der Waals surface area contributed by atoms with Crippen LogP contribution in [0.25, 0.3) is 0 Å². The van der Waals surface area contributed by atoms with Crippen molar-refractivity contribution in [2.75, 3.05) is 0 Å². The van der Waals surface area contributed by atoms with Gasteiger partial charge in [-0.25, -0.2) is 4.99 Å². The van der Waals surface area contributed by atoms with Crippen LogP contribution in [0.2, 0.25) is 0 Å². The summed E-state index contributed by atoms with van der Waals surface area (Å²) in [6.07, 6.45) is 5.21. The average Bonchev–Trinajstić information content (AvgIpc) is 1.94. The molecule has 0 spiro atoms. The van der Waals surface area contributed by atoms with Gasteiger partial charge in [-0.15, -0.1) is 0 Å². The molecule has 0 fully saturated rings. The Labute approximate surface area is 48.0 Å². The first-order chi connectivity index (χ1) is 3.89. The first-order valence-electron chi connectivity index (χ1n) is 2.38. The van der Waals surface area contributed by atoms with Gasteiger partial charge in [-0.2, -0.15) is 4.99 Å². The van der Waals surface area contributed by atoms with E-state index in [0.717, 1.165) is 5.84 Å². The summed E-state index contributed by atoms with van der Waals surface area (Å²) in [6, 6.07) is 0. The number of amidine groups is 1. The molecule has 0 radical (unpaired) electrons. The molecule has 0 bridgehead atoms. The number of nitrogens with zero attached hydrogens (tertiary/aromatic N) is 2. The van der Waals surface area contributed by atoms with E-state index in [-0.39, 0.29) is 0 Å². The van der Waals surface area contributed by atoms with E-state index in [1.807, 2.05) is 6.92 Å². The average molecular weight is 106 g/mol. The number of rotatable bonds is 0. The molecule has 1 rings (SSSR count). The minimum absolute atomic E-state index is 0.745. The molecule has 0 aliphatic carbocycles. The highest BCUT2D eigenvalue weighted by Crippen LogP contribution is 1.84. The van der Waals surface area contributed by atoms with E-state index in [0.29, 0.717) is 0 Å². The highest BCUT2D eigenvalue weighted by Gasteiger charge is 1.79. The van der Waals surface area contributed by atoms with Gasteiger partial charge >= 0.3 is 0 Å². The third-order valence-electron chi connectivity index (χ3n) is 0.745. The molecule has 0 aromatic carbocycles. The standard InChI is InChI=1S/C6H6N2/c1-6-7-4-2-3-5-8-6/h2-4H,1H3. The fraction of sp³-hybridized carbons (Fsp3) is 0.167. The van der Waals surface area contributed by atoms with Gasteiger partial charge in [0.05, 0.1) is 0 Å². The van der Waals surface area contributed by atoms with Gasteiger partial charge in [0.25, 0.3) is 0 Å². The molecule has 0 atom stereocenters. The number of allylic oxidation sites excluding steroid dienone is 2. The molecular weight excluding hydrogens is 100 g/mol. The summed E-state index contributed by atoms with van der Waals surface area (Å²) >= 11 is 0. The van der Waals surface area contributed by atoms with Crippen LogP contribution in [0.1, 0.15) is 6.92 Å². The molecule has 40 valence electrons. The molecule has 1 aliphatic rings. The summed E-state index contributed by atoms with van der Waals surface area (Å²) in [7, 11) is 0. The summed E-state index contributed by atoms with van der Waals surface area (Å²) in [5, 5.41) is 0.